The Morgan fingerprint density at radius 1 is 1.31 bits per heavy atom. The molecule has 0 bridgehead atoms. The van der Waals surface area contributed by atoms with E-state index >= 15 is 0 Å². The summed E-state index contributed by atoms with van der Waals surface area (Å²) in [6.07, 6.45) is 0. The predicted octanol–water partition coefficient (Wildman–Crippen LogP) is 0.934. The van der Waals surface area contributed by atoms with Gasteiger partial charge in [0, 0.05) is 12.6 Å². The molecule has 0 aliphatic heterocycles. The third kappa shape index (κ3) is 3.92. The molecule has 3 N–H and O–H groups in total. The van der Waals surface area contributed by atoms with Crippen LogP contribution in [-0.4, -0.2) is 20.7 Å². The Morgan fingerprint density at radius 2 is 1.88 bits per heavy atom. The second kappa shape index (κ2) is 5.43. The Morgan fingerprint density at radius 3 is 2.38 bits per heavy atom. The van der Waals surface area contributed by atoms with Crippen LogP contribution < -0.4 is 10.5 Å². The fourth-order valence-corrected chi connectivity index (χ4v) is 2.51. The number of nitrogens with two attached hydrogens (primary N) is 1. The Kier molecular flexibility index (Phi) is 4.46. The molecule has 5 heteroatoms. The highest BCUT2D eigenvalue weighted by atomic mass is 32.2. The zero-order valence-corrected chi connectivity index (χ0v) is 10.4. The van der Waals surface area contributed by atoms with Crippen molar-refractivity contribution in [1.29, 1.82) is 0 Å². The van der Waals surface area contributed by atoms with Crippen molar-refractivity contribution in [2.45, 2.75) is 19.9 Å². The molecule has 0 aliphatic rings. The lowest BCUT2D eigenvalue weighted by Crippen LogP contribution is -2.31. The van der Waals surface area contributed by atoms with E-state index in [-0.39, 0.29) is 18.3 Å². The van der Waals surface area contributed by atoms with Gasteiger partial charge >= 0.3 is 0 Å². The lowest BCUT2D eigenvalue weighted by molar-refractivity contribution is 0.567. The topological polar surface area (TPSA) is 72.2 Å². The van der Waals surface area contributed by atoms with Crippen molar-refractivity contribution in [1.82, 2.24) is 4.72 Å². The van der Waals surface area contributed by atoms with Crippen molar-refractivity contribution < 1.29 is 8.42 Å². The summed E-state index contributed by atoms with van der Waals surface area (Å²) in [6.45, 7) is 3.95. The van der Waals surface area contributed by atoms with E-state index in [9.17, 15) is 8.42 Å². The van der Waals surface area contributed by atoms with Gasteiger partial charge in [0.05, 0.1) is 5.75 Å². The van der Waals surface area contributed by atoms with Gasteiger partial charge < -0.3 is 5.73 Å². The van der Waals surface area contributed by atoms with Gasteiger partial charge in [-0.2, -0.15) is 0 Å². The van der Waals surface area contributed by atoms with Gasteiger partial charge in [0.15, 0.2) is 0 Å². The molecule has 1 rings (SSSR count). The van der Waals surface area contributed by atoms with Gasteiger partial charge in [-0.1, -0.05) is 29.8 Å². The van der Waals surface area contributed by atoms with Crippen LogP contribution >= 0.6 is 0 Å². The molecule has 0 aliphatic carbocycles. The van der Waals surface area contributed by atoms with Crippen LogP contribution in [0.1, 0.15) is 24.1 Å². The van der Waals surface area contributed by atoms with Crippen LogP contribution in [0.3, 0.4) is 0 Å². The van der Waals surface area contributed by atoms with E-state index in [1.165, 1.54) is 0 Å². The van der Waals surface area contributed by atoms with Crippen molar-refractivity contribution in [2.24, 2.45) is 5.73 Å². The molecule has 4 nitrogen and oxygen atoms in total. The van der Waals surface area contributed by atoms with Gasteiger partial charge in [-0.05, 0) is 19.4 Å². The number of hydrogen-bond donors (Lipinski definition) is 2. The minimum Gasteiger partial charge on any atom is -0.329 e. The number of sulfonamides is 1. The van der Waals surface area contributed by atoms with E-state index in [4.69, 9.17) is 5.73 Å². The maximum Gasteiger partial charge on any atom is 0.213 e. The zero-order chi connectivity index (χ0) is 12.2. The lowest BCUT2D eigenvalue weighted by Gasteiger charge is -2.14. The molecule has 0 aromatic heterocycles. The van der Waals surface area contributed by atoms with Gasteiger partial charge in [-0.25, -0.2) is 13.1 Å². The first kappa shape index (κ1) is 13.2. The van der Waals surface area contributed by atoms with Gasteiger partial charge in [0.1, 0.15) is 0 Å². The molecule has 0 spiro atoms. The van der Waals surface area contributed by atoms with Crippen LogP contribution in [0, 0.1) is 6.92 Å². The van der Waals surface area contributed by atoms with Crippen LogP contribution in [0.2, 0.25) is 0 Å². The summed E-state index contributed by atoms with van der Waals surface area (Å²) in [7, 11) is -3.26. The average molecular weight is 242 g/mol. The molecule has 90 valence electrons. The van der Waals surface area contributed by atoms with Crippen LogP contribution in [0.5, 0.6) is 0 Å². The van der Waals surface area contributed by atoms with Crippen molar-refractivity contribution in [3.8, 4) is 0 Å². The number of aryl methyl sites for hydroxylation is 1. The third-order valence-corrected chi connectivity index (χ3v) is 3.81. The molecule has 1 atom stereocenters. The van der Waals surface area contributed by atoms with E-state index < -0.39 is 10.0 Å². The summed E-state index contributed by atoms with van der Waals surface area (Å²) in [5.41, 5.74) is 7.33. The minimum absolute atomic E-state index is 0.0385. The summed E-state index contributed by atoms with van der Waals surface area (Å²) in [4.78, 5) is 0. The zero-order valence-electron chi connectivity index (χ0n) is 9.60. The van der Waals surface area contributed by atoms with Crippen molar-refractivity contribution >= 4 is 10.0 Å². The molecular formula is C11H18N2O2S. The van der Waals surface area contributed by atoms with Crippen molar-refractivity contribution in [2.75, 3.05) is 12.3 Å². The van der Waals surface area contributed by atoms with E-state index in [2.05, 4.69) is 4.72 Å². The highest BCUT2D eigenvalue weighted by Crippen LogP contribution is 2.13. The van der Waals surface area contributed by atoms with Crippen molar-refractivity contribution in [3.63, 3.8) is 0 Å². The highest BCUT2D eigenvalue weighted by molar-refractivity contribution is 7.89. The van der Waals surface area contributed by atoms with Gasteiger partial charge in [-0.3, -0.25) is 0 Å². The maximum atomic E-state index is 11.5. The smallest absolute Gasteiger partial charge is 0.213 e. The van der Waals surface area contributed by atoms with Gasteiger partial charge in [0.25, 0.3) is 0 Å². The first-order chi connectivity index (χ1) is 7.44. The normalized spacial score (nSPS) is 13.7. The summed E-state index contributed by atoms with van der Waals surface area (Å²) in [5, 5.41) is 0. The number of benzene rings is 1. The van der Waals surface area contributed by atoms with Crippen LogP contribution in [0.15, 0.2) is 24.3 Å². The minimum atomic E-state index is -3.26. The van der Waals surface area contributed by atoms with E-state index in [0.717, 1.165) is 11.1 Å². The molecule has 0 saturated heterocycles. The fraction of sp³-hybridized carbons (Fsp3) is 0.455. The van der Waals surface area contributed by atoms with Crippen LogP contribution in [0.25, 0.3) is 0 Å². The predicted molar refractivity (Wildman–Crippen MR) is 65.6 cm³/mol. The molecular weight excluding hydrogens is 224 g/mol. The quantitative estimate of drug-likeness (QED) is 0.807. The fourth-order valence-electron chi connectivity index (χ4n) is 1.41. The molecule has 1 aromatic rings. The van der Waals surface area contributed by atoms with Crippen LogP contribution in [-0.2, 0) is 10.0 Å². The second-order valence-electron chi connectivity index (χ2n) is 3.86. The van der Waals surface area contributed by atoms with Gasteiger partial charge in [0.2, 0.25) is 10.0 Å². The summed E-state index contributed by atoms with van der Waals surface area (Å²) in [6, 6.07) is 7.54. The summed E-state index contributed by atoms with van der Waals surface area (Å²) < 4.78 is 25.6. The number of rotatable bonds is 5. The molecule has 0 heterocycles. The van der Waals surface area contributed by atoms with E-state index in [0.29, 0.717) is 0 Å². The maximum absolute atomic E-state index is 11.5. The summed E-state index contributed by atoms with van der Waals surface area (Å²) in [5.74, 6) is -0.0385. The molecule has 0 saturated carbocycles. The highest BCUT2D eigenvalue weighted by Gasteiger charge is 2.14. The molecule has 0 amide bonds. The molecule has 0 radical (unpaired) electrons. The number of nitrogens with one attached hydrogen (secondary N) is 1. The van der Waals surface area contributed by atoms with E-state index in [1.54, 1.807) is 0 Å². The Labute approximate surface area is 96.9 Å². The van der Waals surface area contributed by atoms with E-state index in [1.807, 2.05) is 38.1 Å². The average Bonchev–Trinajstić information content (AvgIpc) is 2.17. The Bertz CT molecular complexity index is 426. The Hall–Kier alpha value is -0.910. The first-order valence-electron chi connectivity index (χ1n) is 5.21. The van der Waals surface area contributed by atoms with Gasteiger partial charge in [-0.15, -0.1) is 0 Å². The molecule has 1 unspecified atom stereocenters. The third-order valence-electron chi connectivity index (χ3n) is 2.32. The number of hydrogen-bond acceptors (Lipinski definition) is 3. The van der Waals surface area contributed by atoms with Crippen molar-refractivity contribution in [3.05, 3.63) is 35.4 Å². The molecule has 1 aromatic carbocycles. The monoisotopic (exact) mass is 242 g/mol. The SMILES string of the molecule is Cc1ccc(C(C)NS(=O)(=O)CCN)cc1. The molecule has 16 heavy (non-hydrogen) atoms. The summed E-state index contributed by atoms with van der Waals surface area (Å²) >= 11 is 0. The standard InChI is InChI=1S/C11H18N2O2S/c1-9-3-5-11(6-4-9)10(2)13-16(14,15)8-7-12/h3-6,10,13H,7-8,12H2,1-2H3. The largest absolute Gasteiger partial charge is 0.329 e. The first-order valence-corrected chi connectivity index (χ1v) is 6.86. The Balaban J connectivity index is 2.72. The molecule has 0 fully saturated rings. The lowest BCUT2D eigenvalue weighted by atomic mass is 10.1. The van der Waals surface area contributed by atoms with Crippen LogP contribution in [0.4, 0.5) is 0 Å². The second-order valence-corrected chi connectivity index (χ2v) is 5.73.